The van der Waals surface area contributed by atoms with Gasteiger partial charge in [-0.3, -0.25) is 0 Å². The number of hydrogen-bond acceptors (Lipinski definition) is 4. The average Bonchev–Trinajstić information content (AvgIpc) is 2.59. The van der Waals surface area contributed by atoms with Crippen LogP contribution in [0.25, 0.3) is 22.3 Å². The maximum atomic E-state index is 13.2. The van der Waals surface area contributed by atoms with Crippen LogP contribution in [0.5, 0.6) is 0 Å². The number of rotatable bonds is 5. The summed E-state index contributed by atoms with van der Waals surface area (Å²) in [5.41, 5.74) is 2.60. The average molecular weight is 325 g/mol. The smallest absolute Gasteiger partial charge is 0.335 e. The highest BCUT2D eigenvalue weighted by Crippen LogP contribution is 2.27. The molecule has 0 amide bonds. The molecule has 3 aromatic rings. The molecule has 0 aliphatic rings. The highest BCUT2D eigenvalue weighted by atomic mass is 19.1. The molecule has 2 aromatic carbocycles. The van der Waals surface area contributed by atoms with Crippen molar-refractivity contribution in [2.45, 2.75) is 13.3 Å². The van der Waals surface area contributed by atoms with Crippen LogP contribution in [0.15, 0.2) is 42.5 Å². The summed E-state index contributed by atoms with van der Waals surface area (Å²) in [5, 5.41) is 12.3. The van der Waals surface area contributed by atoms with Crippen LogP contribution >= 0.6 is 0 Å². The molecule has 0 aliphatic heterocycles. The van der Waals surface area contributed by atoms with E-state index in [0.717, 1.165) is 12.0 Å². The summed E-state index contributed by atoms with van der Waals surface area (Å²) in [5.74, 6) is -0.774. The number of carbonyl (C=O) groups is 1. The van der Waals surface area contributed by atoms with E-state index in [1.165, 1.54) is 24.3 Å². The maximum absolute atomic E-state index is 13.2. The fourth-order valence-corrected chi connectivity index (χ4v) is 2.36. The summed E-state index contributed by atoms with van der Waals surface area (Å²) >= 11 is 0. The molecular formula is C18H16FN3O2. The molecule has 0 radical (unpaired) electrons. The molecular weight excluding hydrogens is 309 g/mol. The Morgan fingerprint density at radius 3 is 2.54 bits per heavy atom. The third kappa shape index (κ3) is 3.17. The van der Waals surface area contributed by atoms with Gasteiger partial charge in [-0.25, -0.2) is 19.2 Å². The second-order valence-electron chi connectivity index (χ2n) is 5.36. The van der Waals surface area contributed by atoms with Gasteiger partial charge in [0.05, 0.1) is 16.6 Å². The van der Waals surface area contributed by atoms with Crippen molar-refractivity contribution in [3.63, 3.8) is 0 Å². The zero-order chi connectivity index (χ0) is 17.1. The summed E-state index contributed by atoms with van der Waals surface area (Å²) in [4.78, 5) is 20.2. The first kappa shape index (κ1) is 15.9. The van der Waals surface area contributed by atoms with E-state index in [1.807, 2.05) is 6.92 Å². The van der Waals surface area contributed by atoms with Crippen molar-refractivity contribution in [3.8, 4) is 11.3 Å². The number of nitrogens with zero attached hydrogens (tertiary/aromatic N) is 2. The van der Waals surface area contributed by atoms with Gasteiger partial charge in [0.2, 0.25) is 0 Å². The molecule has 0 saturated carbocycles. The topological polar surface area (TPSA) is 75.1 Å². The Morgan fingerprint density at radius 2 is 1.88 bits per heavy atom. The Kier molecular flexibility index (Phi) is 4.37. The molecule has 24 heavy (non-hydrogen) atoms. The van der Waals surface area contributed by atoms with E-state index in [1.54, 1.807) is 18.2 Å². The van der Waals surface area contributed by atoms with Crippen LogP contribution in [0.3, 0.4) is 0 Å². The number of aromatic carboxylic acids is 1. The summed E-state index contributed by atoms with van der Waals surface area (Å²) in [6, 6.07) is 10.7. The van der Waals surface area contributed by atoms with E-state index in [2.05, 4.69) is 15.3 Å². The van der Waals surface area contributed by atoms with Crippen LogP contribution in [-0.2, 0) is 0 Å². The molecule has 122 valence electrons. The highest BCUT2D eigenvalue weighted by molar-refractivity contribution is 5.93. The molecule has 2 N–H and O–H groups in total. The summed E-state index contributed by atoms with van der Waals surface area (Å²) in [6.07, 6.45) is 0.901. The van der Waals surface area contributed by atoms with E-state index in [4.69, 9.17) is 5.11 Å². The number of carboxylic acids is 1. The lowest BCUT2D eigenvalue weighted by atomic mass is 10.1. The second kappa shape index (κ2) is 6.62. The van der Waals surface area contributed by atoms with E-state index < -0.39 is 5.97 Å². The van der Waals surface area contributed by atoms with Crippen LogP contribution in [0.1, 0.15) is 23.7 Å². The van der Waals surface area contributed by atoms with Crippen molar-refractivity contribution >= 4 is 22.8 Å². The van der Waals surface area contributed by atoms with Crippen molar-refractivity contribution in [1.82, 2.24) is 9.97 Å². The van der Waals surface area contributed by atoms with Gasteiger partial charge in [-0.2, -0.15) is 0 Å². The monoisotopic (exact) mass is 325 g/mol. The Morgan fingerprint density at radius 1 is 1.12 bits per heavy atom. The van der Waals surface area contributed by atoms with E-state index in [0.29, 0.717) is 29.1 Å². The summed E-state index contributed by atoms with van der Waals surface area (Å²) in [7, 11) is 0. The zero-order valence-corrected chi connectivity index (χ0v) is 13.1. The van der Waals surface area contributed by atoms with E-state index in [-0.39, 0.29) is 11.4 Å². The Bertz CT molecular complexity index is 895. The first-order chi connectivity index (χ1) is 11.6. The minimum Gasteiger partial charge on any atom is -0.478 e. The molecule has 6 heteroatoms. The first-order valence-corrected chi connectivity index (χ1v) is 7.63. The van der Waals surface area contributed by atoms with Gasteiger partial charge >= 0.3 is 5.97 Å². The molecule has 3 rings (SSSR count). The third-order valence-electron chi connectivity index (χ3n) is 3.57. The number of benzene rings is 2. The van der Waals surface area contributed by atoms with Gasteiger partial charge in [-0.05, 0) is 48.9 Å². The maximum Gasteiger partial charge on any atom is 0.335 e. The highest BCUT2D eigenvalue weighted by Gasteiger charge is 2.13. The molecule has 0 spiro atoms. The van der Waals surface area contributed by atoms with Crippen molar-refractivity contribution in [2.24, 2.45) is 0 Å². The molecule has 0 bridgehead atoms. The normalized spacial score (nSPS) is 10.8. The number of anilines is 1. The summed E-state index contributed by atoms with van der Waals surface area (Å²) in [6.45, 7) is 2.73. The number of hydrogen-bond donors (Lipinski definition) is 2. The Hall–Kier alpha value is -3.02. The van der Waals surface area contributed by atoms with Gasteiger partial charge in [0.25, 0.3) is 0 Å². The lowest BCUT2D eigenvalue weighted by Crippen LogP contribution is -2.06. The molecule has 0 aliphatic carbocycles. The van der Waals surface area contributed by atoms with Crippen LogP contribution in [0.4, 0.5) is 10.2 Å². The molecule has 0 saturated heterocycles. The van der Waals surface area contributed by atoms with Crippen molar-refractivity contribution in [2.75, 3.05) is 11.9 Å². The van der Waals surface area contributed by atoms with Crippen molar-refractivity contribution < 1.29 is 14.3 Å². The number of nitrogens with one attached hydrogen (secondary N) is 1. The standard InChI is InChI=1S/C18H16FN3O2/c1-2-9-20-17-16(11-3-6-13(19)7-4-11)21-14-8-5-12(18(23)24)10-15(14)22-17/h3-8,10H,2,9H2,1H3,(H,20,22)(H,23,24). The van der Waals surface area contributed by atoms with Crippen molar-refractivity contribution in [3.05, 3.63) is 53.8 Å². The second-order valence-corrected chi connectivity index (χ2v) is 5.36. The van der Waals surface area contributed by atoms with Crippen LogP contribution in [0, 0.1) is 5.82 Å². The van der Waals surface area contributed by atoms with Crippen LogP contribution < -0.4 is 5.32 Å². The number of fused-ring (bicyclic) bond motifs is 1. The van der Waals surface area contributed by atoms with Crippen LogP contribution in [0.2, 0.25) is 0 Å². The van der Waals surface area contributed by atoms with Gasteiger partial charge in [-0.15, -0.1) is 0 Å². The fraction of sp³-hybridized carbons (Fsp3) is 0.167. The van der Waals surface area contributed by atoms with Gasteiger partial charge in [0, 0.05) is 12.1 Å². The Balaban J connectivity index is 2.16. The largest absolute Gasteiger partial charge is 0.478 e. The summed E-state index contributed by atoms with van der Waals surface area (Å²) < 4.78 is 13.2. The van der Waals surface area contributed by atoms with Crippen LogP contribution in [-0.4, -0.2) is 27.6 Å². The SMILES string of the molecule is CCCNc1nc2cc(C(=O)O)ccc2nc1-c1ccc(F)cc1. The minimum atomic E-state index is -1.01. The van der Waals surface area contributed by atoms with Gasteiger partial charge < -0.3 is 10.4 Å². The minimum absolute atomic E-state index is 0.160. The van der Waals surface area contributed by atoms with Gasteiger partial charge in [0.15, 0.2) is 5.82 Å². The third-order valence-corrected chi connectivity index (χ3v) is 3.57. The first-order valence-electron chi connectivity index (χ1n) is 7.63. The predicted molar refractivity (Wildman–Crippen MR) is 90.7 cm³/mol. The molecule has 0 fully saturated rings. The molecule has 1 heterocycles. The molecule has 5 nitrogen and oxygen atoms in total. The number of carboxylic acid groups (broad SMARTS) is 1. The zero-order valence-electron chi connectivity index (χ0n) is 13.1. The number of aromatic nitrogens is 2. The molecule has 0 atom stereocenters. The van der Waals surface area contributed by atoms with Crippen molar-refractivity contribution in [1.29, 1.82) is 0 Å². The lowest BCUT2D eigenvalue weighted by molar-refractivity contribution is 0.0697. The van der Waals surface area contributed by atoms with Gasteiger partial charge in [-0.1, -0.05) is 6.92 Å². The number of halogens is 1. The molecule has 0 unspecified atom stereocenters. The molecule has 1 aromatic heterocycles. The fourth-order valence-electron chi connectivity index (χ4n) is 2.36. The lowest BCUT2D eigenvalue weighted by Gasteiger charge is -2.12. The quantitative estimate of drug-likeness (QED) is 0.743. The van der Waals surface area contributed by atoms with E-state index >= 15 is 0 Å². The predicted octanol–water partition coefficient (Wildman–Crippen LogP) is 3.96. The van der Waals surface area contributed by atoms with E-state index in [9.17, 15) is 9.18 Å². The van der Waals surface area contributed by atoms with Gasteiger partial charge in [0.1, 0.15) is 11.5 Å². The Labute approximate surface area is 138 Å².